The summed E-state index contributed by atoms with van der Waals surface area (Å²) < 4.78 is 40.2. The van der Waals surface area contributed by atoms with E-state index in [1.807, 2.05) is 6.92 Å². The van der Waals surface area contributed by atoms with Gasteiger partial charge < -0.3 is 24.8 Å². The maximum absolute atomic E-state index is 13.4. The number of pyridine rings is 1. The lowest BCUT2D eigenvalue weighted by Gasteiger charge is -2.40. The van der Waals surface area contributed by atoms with Crippen LogP contribution in [0, 0.1) is 12.3 Å². The average Bonchev–Trinajstić information content (AvgIpc) is 3.29. The number of nitrogen functional groups attached to an aromatic ring is 1. The Morgan fingerprint density at radius 3 is 2.82 bits per heavy atom. The fourth-order valence-electron chi connectivity index (χ4n) is 4.15. The number of terminal acetylenes is 1. The van der Waals surface area contributed by atoms with Crippen molar-refractivity contribution in [2.75, 3.05) is 18.9 Å². The fraction of sp³-hybridized carbons (Fsp3) is 0.391. The van der Waals surface area contributed by atoms with E-state index >= 15 is 0 Å². The van der Waals surface area contributed by atoms with E-state index in [9.17, 15) is 13.6 Å². The molecule has 2 N–H and O–H groups in total. The molecule has 2 aromatic rings. The highest BCUT2D eigenvalue weighted by Gasteiger charge is 2.34. The van der Waals surface area contributed by atoms with Crippen LogP contribution in [0.25, 0.3) is 12.2 Å². The van der Waals surface area contributed by atoms with Crippen LogP contribution in [-0.2, 0) is 27.5 Å². The summed E-state index contributed by atoms with van der Waals surface area (Å²) in [6, 6.07) is 2.00. The molecule has 9 nitrogen and oxygen atoms in total. The molecule has 11 heteroatoms. The molecule has 0 aliphatic carbocycles. The van der Waals surface area contributed by atoms with Crippen LogP contribution in [0.3, 0.4) is 0 Å². The predicted molar refractivity (Wildman–Crippen MR) is 117 cm³/mol. The number of nitrogens with zero attached hydrogens (tertiary/aromatic N) is 4. The third kappa shape index (κ3) is 4.83. The number of rotatable bonds is 5. The van der Waals surface area contributed by atoms with Crippen molar-refractivity contribution in [3.05, 3.63) is 39.5 Å². The summed E-state index contributed by atoms with van der Waals surface area (Å²) in [6.45, 7) is 0.115. The van der Waals surface area contributed by atoms with E-state index in [4.69, 9.17) is 21.6 Å². The van der Waals surface area contributed by atoms with Crippen LogP contribution >= 0.6 is 0 Å². The van der Waals surface area contributed by atoms with E-state index < -0.39 is 12.7 Å². The van der Waals surface area contributed by atoms with E-state index in [-0.39, 0.29) is 30.9 Å². The summed E-state index contributed by atoms with van der Waals surface area (Å²) in [5.74, 6) is 2.34. The van der Waals surface area contributed by atoms with Gasteiger partial charge in [-0.1, -0.05) is 12.0 Å². The maximum atomic E-state index is 13.4. The summed E-state index contributed by atoms with van der Waals surface area (Å²) in [5, 5.41) is 8.88. The van der Waals surface area contributed by atoms with Crippen molar-refractivity contribution in [3.63, 3.8) is 0 Å². The summed E-state index contributed by atoms with van der Waals surface area (Å²) in [7, 11) is 0. The second kappa shape index (κ2) is 10.1. The van der Waals surface area contributed by atoms with Gasteiger partial charge in [-0.05, 0) is 18.6 Å². The molecule has 0 spiro atoms. The molecule has 2 aromatic heterocycles. The first-order valence-corrected chi connectivity index (χ1v) is 10.6. The molecule has 0 saturated carbocycles. The highest BCUT2D eigenvalue weighted by molar-refractivity contribution is 5.82. The van der Waals surface area contributed by atoms with Gasteiger partial charge in [-0.15, -0.1) is 16.6 Å². The van der Waals surface area contributed by atoms with Gasteiger partial charge in [0.1, 0.15) is 5.82 Å². The Hall–Kier alpha value is -3.62. The molecule has 34 heavy (non-hydrogen) atoms. The molecule has 2 aliphatic rings. The molecule has 178 valence electrons. The number of carbonyl (C=O) groups excluding carboxylic acids is 1. The summed E-state index contributed by atoms with van der Waals surface area (Å²) in [5.41, 5.74) is 8.11. The Bertz CT molecular complexity index is 1230. The fourth-order valence-corrected chi connectivity index (χ4v) is 4.15. The molecule has 0 radical (unpaired) electrons. The van der Waals surface area contributed by atoms with Gasteiger partial charge in [0.25, 0.3) is 0 Å². The molecule has 4 heterocycles. The minimum Gasteiger partial charge on any atom is -0.415 e. The van der Waals surface area contributed by atoms with Crippen LogP contribution < -0.4 is 21.0 Å². The largest absolute Gasteiger partial charge is 0.415 e. The van der Waals surface area contributed by atoms with Gasteiger partial charge in [0, 0.05) is 29.3 Å². The maximum Gasteiger partial charge on any atom is 0.388 e. The Kier molecular flexibility index (Phi) is 7.00. The van der Waals surface area contributed by atoms with Crippen LogP contribution in [0.4, 0.5) is 14.6 Å². The molecule has 0 bridgehead atoms. The number of fused-ring (bicyclic) bond motifs is 1. The third-order valence-electron chi connectivity index (χ3n) is 5.65. The van der Waals surface area contributed by atoms with E-state index in [1.54, 1.807) is 11.0 Å². The van der Waals surface area contributed by atoms with Gasteiger partial charge in [-0.2, -0.15) is 8.78 Å². The standard InChI is InChI=1S/C23H23F2N5O4/c1-3-4-17-14(15-10-33-11-16(15)22(26)27-17)5-8-21(31)30-13(2)9-32-12-19(30)18-6-7-20(29-28-18)34-23(24)25/h1,4-7,13,19,23H,8-12H2,2H3,(H2,26,27)/b14-5-,17-4+/t13-,19-/m0/s1. The highest BCUT2D eigenvalue weighted by Crippen LogP contribution is 2.27. The van der Waals surface area contributed by atoms with Crippen molar-refractivity contribution in [3.8, 4) is 18.2 Å². The lowest BCUT2D eigenvalue weighted by Crippen LogP contribution is -2.49. The number of hydrogen-bond donors (Lipinski definition) is 1. The molecular formula is C23H23F2N5O4. The van der Waals surface area contributed by atoms with Crippen molar-refractivity contribution in [1.82, 2.24) is 20.1 Å². The van der Waals surface area contributed by atoms with Crippen LogP contribution in [0.1, 0.15) is 36.2 Å². The Balaban J connectivity index is 1.63. The van der Waals surface area contributed by atoms with Crippen LogP contribution in [0.2, 0.25) is 0 Å². The van der Waals surface area contributed by atoms with Crippen molar-refractivity contribution in [1.29, 1.82) is 0 Å². The van der Waals surface area contributed by atoms with Gasteiger partial charge >= 0.3 is 6.61 Å². The van der Waals surface area contributed by atoms with E-state index in [0.29, 0.717) is 36.7 Å². The van der Waals surface area contributed by atoms with E-state index in [2.05, 4.69) is 25.8 Å². The molecule has 2 aliphatic heterocycles. The molecule has 1 amide bonds. The van der Waals surface area contributed by atoms with E-state index in [0.717, 1.165) is 16.3 Å². The number of morpholine rings is 1. The number of aromatic nitrogens is 3. The number of amides is 1. The zero-order valence-electron chi connectivity index (χ0n) is 18.4. The first-order chi connectivity index (χ1) is 16.4. The number of carbonyl (C=O) groups is 1. The number of ether oxygens (including phenoxy) is 3. The number of hydrogen-bond acceptors (Lipinski definition) is 8. The third-order valence-corrected chi connectivity index (χ3v) is 5.65. The molecule has 0 unspecified atom stereocenters. The smallest absolute Gasteiger partial charge is 0.388 e. The van der Waals surface area contributed by atoms with Gasteiger partial charge in [-0.25, -0.2) is 4.98 Å². The SMILES string of the molecule is C#C/C=c1/nc(N)c2c(/c1=C/CC(=O)N1[C@@H](C)COC[C@H]1c1ccc(OC(F)F)nn1)COC2. The van der Waals surface area contributed by atoms with Gasteiger partial charge in [0.15, 0.2) is 0 Å². The summed E-state index contributed by atoms with van der Waals surface area (Å²) >= 11 is 0. The minimum absolute atomic E-state index is 0.0598. The normalized spacial score (nSPS) is 21.0. The zero-order valence-corrected chi connectivity index (χ0v) is 18.4. The minimum atomic E-state index is -3.00. The van der Waals surface area contributed by atoms with Crippen molar-refractivity contribution in [2.24, 2.45) is 0 Å². The monoisotopic (exact) mass is 471 g/mol. The van der Waals surface area contributed by atoms with Gasteiger partial charge in [0.05, 0.1) is 49.6 Å². The average molecular weight is 471 g/mol. The predicted octanol–water partition coefficient (Wildman–Crippen LogP) is 0.658. The summed E-state index contributed by atoms with van der Waals surface area (Å²) in [4.78, 5) is 19.4. The number of nitrogens with two attached hydrogens (primary N) is 1. The molecule has 4 rings (SSSR count). The zero-order chi connectivity index (χ0) is 24.2. The van der Waals surface area contributed by atoms with Crippen LogP contribution in [0.15, 0.2) is 12.1 Å². The quantitative estimate of drug-likeness (QED) is 0.633. The van der Waals surface area contributed by atoms with Gasteiger partial charge in [-0.3, -0.25) is 4.79 Å². The number of anilines is 1. The Morgan fingerprint density at radius 2 is 2.12 bits per heavy atom. The molecule has 2 atom stereocenters. The van der Waals surface area contributed by atoms with Crippen molar-refractivity contribution >= 4 is 23.9 Å². The molecule has 1 fully saturated rings. The van der Waals surface area contributed by atoms with Crippen LogP contribution in [0.5, 0.6) is 5.88 Å². The second-order valence-electron chi connectivity index (χ2n) is 7.84. The molecule has 0 aromatic carbocycles. The lowest BCUT2D eigenvalue weighted by atomic mass is 10.1. The van der Waals surface area contributed by atoms with E-state index in [1.165, 1.54) is 18.2 Å². The topological polar surface area (TPSA) is 113 Å². The Morgan fingerprint density at radius 1 is 1.32 bits per heavy atom. The lowest BCUT2D eigenvalue weighted by molar-refractivity contribution is -0.144. The molecular weight excluding hydrogens is 448 g/mol. The Labute approximate surface area is 194 Å². The first-order valence-electron chi connectivity index (χ1n) is 10.6. The second-order valence-corrected chi connectivity index (χ2v) is 7.84. The highest BCUT2D eigenvalue weighted by atomic mass is 19.3. The van der Waals surface area contributed by atoms with Crippen LogP contribution in [-0.4, -0.2) is 51.9 Å². The molecule has 1 saturated heterocycles. The van der Waals surface area contributed by atoms with Crippen molar-refractivity contribution in [2.45, 2.75) is 45.3 Å². The van der Waals surface area contributed by atoms with Gasteiger partial charge in [0.2, 0.25) is 11.8 Å². The summed E-state index contributed by atoms with van der Waals surface area (Å²) in [6.07, 6.45) is 8.79. The number of alkyl halides is 2. The van der Waals surface area contributed by atoms with Crippen molar-refractivity contribution < 1.29 is 27.8 Å². The number of halogens is 2. The first kappa shape index (κ1) is 23.5.